The van der Waals surface area contributed by atoms with Gasteiger partial charge in [0.1, 0.15) is 0 Å². The first-order valence-electron chi connectivity index (χ1n) is 8.52. The third-order valence-electron chi connectivity index (χ3n) is 4.42. The van der Waals surface area contributed by atoms with Gasteiger partial charge in [-0.1, -0.05) is 24.3 Å². The molecule has 1 amide bonds. The van der Waals surface area contributed by atoms with E-state index >= 15 is 0 Å². The fourth-order valence-corrected chi connectivity index (χ4v) is 3.22. The summed E-state index contributed by atoms with van der Waals surface area (Å²) in [5.74, 6) is -0.280. The number of hydrogen-bond acceptors (Lipinski definition) is 3. The van der Waals surface area contributed by atoms with Gasteiger partial charge in [-0.05, 0) is 42.8 Å². The predicted octanol–water partition coefficient (Wildman–Crippen LogP) is 3.97. The van der Waals surface area contributed by atoms with Crippen molar-refractivity contribution in [2.75, 3.05) is 0 Å². The lowest BCUT2D eigenvalue weighted by Gasteiger charge is -2.02. The number of fused-ring (bicyclic) bond motifs is 3. The molecule has 0 atom stereocenters. The quantitative estimate of drug-likeness (QED) is 0.450. The highest BCUT2D eigenvalue weighted by Crippen LogP contribution is 2.29. The van der Waals surface area contributed by atoms with Gasteiger partial charge in [-0.15, -0.1) is 0 Å². The van der Waals surface area contributed by atoms with Crippen LogP contribution in [0.5, 0.6) is 0 Å². The van der Waals surface area contributed by atoms with Crippen LogP contribution in [-0.4, -0.2) is 21.7 Å². The second-order valence-corrected chi connectivity index (χ2v) is 5.98. The van der Waals surface area contributed by atoms with Crippen LogP contribution in [0.25, 0.3) is 21.8 Å². The lowest BCUT2D eigenvalue weighted by molar-refractivity contribution is 0.0955. The maximum absolute atomic E-state index is 12.0. The number of hydrogen-bond donors (Lipinski definition) is 1. The molecule has 1 N–H and O–H groups in total. The van der Waals surface area contributed by atoms with Crippen molar-refractivity contribution in [1.82, 2.24) is 15.0 Å². The van der Waals surface area contributed by atoms with E-state index in [9.17, 15) is 4.79 Å². The summed E-state index contributed by atoms with van der Waals surface area (Å²) in [4.78, 5) is 15.9. The van der Waals surface area contributed by atoms with Crippen LogP contribution in [0, 0.1) is 0 Å². The fourth-order valence-electron chi connectivity index (χ4n) is 3.22. The number of para-hydroxylation sites is 1. The van der Waals surface area contributed by atoms with Gasteiger partial charge in [-0.3, -0.25) is 9.78 Å². The average molecular weight is 342 g/mol. The number of hydrazone groups is 1. The summed E-state index contributed by atoms with van der Waals surface area (Å²) < 4.78 is 2.30. The Bertz CT molecular complexity index is 1110. The van der Waals surface area contributed by atoms with Gasteiger partial charge >= 0.3 is 0 Å². The second kappa shape index (κ2) is 6.80. The Kier molecular flexibility index (Phi) is 4.19. The lowest BCUT2D eigenvalue weighted by atomic mass is 10.1. The number of pyridine rings is 1. The van der Waals surface area contributed by atoms with Crippen molar-refractivity contribution >= 4 is 33.9 Å². The number of aromatic nitrogens is 2. The largest absolute Gasteiger partial charge is 0.341 e. The molecular formula is C21H18N4O. The lowest BCUT2D eigenvalue weighted by Crippen LogP contribution is -2.17. The minimum atomic E-state index is -0.280. The molecule has 0 aliphatic rings. The molecule has 0 radical (unpaired) electrons. The third-order valence-corrected chi connectivity index (χ3v) is 4.42. The van der Waals surface area contributed by atoms with E-state index in [-0.39, 0.29) is 5.91 Å². The summed E-state index contributed by atoms with van der Waals surface area (Å²) in [5, 5.41) is 6.48. The van der Waals surface area contributed by atoms with Crippen molar-refractivity contribution in [3.8, 4) is 0 Å². The van der Waals surface area contributed by atoms with E-state index in [1.165, 1.54) is 28.0 Å². The summed E-state index contributed by atoms with van der Waals surface area (Å²) in [7, 11) is 0. The summed E-state index contributed by atoms with van der Waals surface area (Å²) in [6, 6.07) is 18.0. The van der Waals surface area contributed by atoms with Gasteiger partial charge in [-0.2, -0.15) is 5.10 Å². The van der Waals surface area contributed by atoms with Crippen LogP contribution < -0.4 is 5.43 Å². The van der Waals surface area contributed by atoms with Crippen LogP contribution in [-0.2, 0) is 6.54 Å². The van der Waals surface area contributed by atoms with Crippen LogP contribution in [0.4, 0.5) is 0 Å². The molecule has 0 saturated heterocycles. The minimum Gasteiger partial charge on any atom is -0.341 e. The number of rotatable bonds is 4. The van der Waals surface area contributed by atoms with E-state index < -0.39 is 0 Å². The molecule has 5 nitrogen and oxygen atoms in total. The Labute approximate surface area is 151 Å². The SMILES string of the molecule is CCn1c2ccccc2c2cc(/C=N\NC(=O)c3cccnc3)ccc21. The molecule has 0 unspecified atom stereocenters. The maximum atomic E-state index is 12.0. The maximum Gasteiger partial charge on any atom is 0.272 e. The van der Waals surface area contributed by atoms with Crippen LogP contribution in [0.2, 0.25) is 0 Å². The summed E-state index contributed by atoms with van der Waals surface area (Å²) >= 11 is 0. The molecule has 0 aliphatic carbocycles. The fraction of sp³-hybridized carbons (Fsp3) is 0.0952. The highest BCUT2D eigenvalue weighted by molar-refractivity contribution is 6.09. The van der Waals surface area contributed by atoms with Crippen molar-refractivity contribution < 1.29 is 4.79 Å². The Morgan fingerprint density at radius 3 is 2.77 bits per heavy atom. The van der Waals surface area contributed by atoms with Gasteiger partial charge in [0.05, 0.1) is 11.8 Å². The summed E-state index contributed by atoms with van der Waals surface area (Å²) in [6.45, 7) is 3.06. The number of benzene rings is 2. The van der Waals surface area contributed by atoms with Crippen molar-refractivity contribution in [3.05, 3.63) is 78.1 Å². The smallest absolute Gasteiger partial charge is 0.272 e. The molecule has 2 aromatic carbocycles. The molecule has 0 saturated carbocycles. The number of carbonyl (C=O) groups excluding carboxylic acids is 1. The molecule has 0 fully saturated rings. The summed E-state index contributed by atoms with van der Waals surface area (Å²) in [5.41, 5.74) is 6.37. The topological polar surface area (TPSA) is 59.3 Å². The standard InChI is InChI=1S/C21H18N4O/c1-2-25-19-8-4-3-7-17(19)18-12-15(9-10-20(18)25)13-23-24-21(26)16-6-5-11-22-14-16/h3-14H,2H2,1H3,(H,24,26)/b23-13-. The molecule has 0 bridgehead atoms. The summed E-state index contributed by atoms with van der Waals surface area (Å²) in [6.07, 6.45) is 4.80. The van der Waals surface area contributed by atoms with Crippen LogP contribution in [0.15, 0.2) is 72.1 Å². The third kappa shape index (κ3) is 2.84. The van der Waals surface area contributed by atoms with Crippen LogP contribution in [0.1, 0.15) is 22.8 Å². The van der Waals surface area contributed by atoms with E-state index in [2.05, 4.69) is 63.4 Å². The average Bonchev–Trinajstić information content (AvgIpc) is 3.01. The van der Waals surface area contributed by atoms with E-state index in [0.29, 0.717) is 5.56 Å². The molecule has 2 aromatic heterocycles. The first-order chi connectivity index (χ1) is 12.8. The molecule has 2 heterocycles. The number of aryl methyl sites for hydroxylation is 1. The molecule has 0 aliphatic heterocycles. The number of amides is 1. The Morgan fingerprint density at radius 1 is 1.12 bits per heavy atom. The van der Waals surface area contributed by atoms with Crippen molar-refractivity contribution in [1.29, 1.82) is 0 Å². The monoisotopic (exact) mass is 342 g/mol. The first kappa shape index (κ1) is 16.0. The molecule has 4 rings (SSSR count). The zero-order chi connectivity index (χ0) is 17.9. The van der Waals surface area contributed by atoms with Gasteiger partial charge in [0.2, 0.25) is 0 Å². The van der Waals surface area contributed by atoms with Crippen molar-refractivity contribution in [2.45, 2.75) is 13.5 Å². The molecule has 26 heavy (non-hydrogen) atoms. The first-order valence-corrected chi connectivity index (χ1v) is 8.52. The zero-order valence-corrected chi connectivity index (χ0v) is 14.4. The number of carbonyl (C=O) groups is 1. The highest BCUT2D eigenvalue weighted by atomic mass is 16.2. The van der Waals surface area contributed by atoms with E-state index in [1.54, 1.807) is 24.5 Å². The van der Waals surface area contributed by atoms with Gasteiger partial charge in [0.25, 0.3) is 5.91 Å². The molecule has 0 spiro atoms. The van der Waals surface area contributed by atoms with Gasteiger partial charge < -0.3 is 4.57 Å². The van der Waals surface area contributed by atoms with Crippen LogP contribution >= 0.6 is 0 Å². The van der Waals surface area contributed by atoms with E-state index in [1.807, 2.05) is 6.07 Å². The molecule has 128 valence electrons. The van der Waals surface area contributed by atoms with Crippen molar-refractivity contribution in [3.63, 3.8) is 0 Å². The van der Waals surface area contributed by atoms with Gasteiger partial charge in [0.15, 0.2) is 0 Å². The Balaban J connectivity index is 1.63. The van der Waals surface area contributed by atoms with Crippen molar-refractivity contribution in [2.24, 2.45) is 5.10 Å². The Hall–Kier alpha value is -3.47. The minimum absolute atomic E-state index is 0.280. The van der Waals surface area contributed by atoms with E-state index in [0.717, 1.165) is 12.1 Å². The number of nitrogens with zero attached hydrogens (tertiary/aromatic N) is 3. The molecular weight excluding hydrogens is 324 g/mol. The highest BCUT2D eigenvalue weighted by Gasteiger charge is 2.09. The van der Waals surface area contributed by atoms with Gasteiger partial charge in [-0.25, -0.2) is 5.43 Å². The second-order valence-electron chi connectivity index (χ2n) is 5.98. The predicted molar refractivity (Wildman–Crippen MR) is 104 cm³/mol. The normalized spacial score (nSPS) is 11.4. The molecule has 4 aromatic rings. The van der Waals surface area contributed by atoms with Crippen LogP contribution in [0.3, 0.4) is 0 Å². The molecule has 5 heteroatoms. The Morgan fingerprint density at radius 2 is 1.96 bits per heavy atom. The zero-order valence-electron chi connectivity index (χ0n) is 14.4. The van der Waals surface area contributed by atoms with E-state index in [4.69, 9.17) is 0 Å². The number of nitrogens with one attached hydrogen (secondary N) is 1. The van der Waals surface area contributed by atoms with Gasteiger partial charge in [0, 0.05) is 40.7 Å².